The van der Waals surface area contributed by atoms with E-state index in [1.54, 1.807) is 0 Å². The lowest BCUT2D eigenvalue weighted by molar-refractivity contribution is -0.151. The van der Waals surface area contributed by atoms with E-state index in [-0.39, 0.29) is 18.4 Å². The minimum Gasteiger partial charge on any atom is -0.481 e. The number of hydrogen-bond donors (Lipinski definition) is 1. The van der Waals surface area contributed by atoms with Gasteiger partial charge in [-0.15, -0.1) is 0 Å². The number of methoxy groups -OCH3 is 1. The first-order valence-corrected chi connectivity index (χ1v) is 6.45. The van der Waals surface area contributed by atoms with Crippen molar-refractivity contribution >= 4 is 17.8 Å². The topological polar surface area (TPSA) is 83.9 Å². The number of carboxylic acid groups (broad SMARTS) is 1. The van der Waals surface area contributed by atoms with Gasteiger partial charge in [-0.3, -0.25) is 14.4 Å². The second-order valence-electron chi connectivity index (χ2n) is 5.07. The smallest absolute Gasteiger partial charge is 0.325 e. The number of carboxylic acids is 1. The van der Waals surface area contributed by atoms with Crippen molar-refractivity contribution in [2.45, 2.75) is 26.2 Å². The standard InChI is InChI=1S/C13H21NO5/c1-4-8-5-9(10(6-8)13(17)18)12(16)14(2)7-11(15)19-3/h8-10H,4-7H2,1-3H3,(H,17,18)/t8?,9-,10+/m0/s1. The van der Waals surface area contributed by atoms with Gasteiger partial charge in [-0.25, -0.2) is 0 Å². The summed E-state index contributed by atoms with van der Waals surface area (Å²) in [6.45, 7) is 1.85. The molecule has 0 aromatic rings. The van der Waals surface area contributed by atoms with Gasteiger partial charge in [0, 0.05) is 7.05 Å². The zero-order valence-electron chi connectivity index (χ0n) is 11.6. The van der Waals surface area contributed by atoms with E-state index >= 15 is 0 Å². The van der Waals surface area contributed by atoms with Gasteiger partial charge < -0.3 is 14.7 Å². The van der Waals surface area contributed by atoms with Gasteiger partial charge in [0.25, 0.3) is 0 Å². The molecule has 0 aromatic heterocycles. The van der Waals surface area contributed by atoms with E-state index in [0.29, 0.717) is 12.8 Å². The third kappa shape index (κ3) is 3.68. The summed E-state index contributed by atoms with van der Waals surface area (Å²) in [6.07, 6.45) is 1.99. The maximum Gasteiger partial charge on any atom is 0.325 e. The van der Waals surface area contributed by atoms with E-state index in [1.165, 1.54) is 19.1 Å². The summed E-state index contributed by atoms with van der Waals surface area (Å²) >= 11 is 0. The van der Waals surface area contributed by atoms with Crippen molar-refractivity contribution in [1.29, 1.82) is 0 Å². The number of amides is 1. The van der Waals surface area contributed by atoms with E-state index in [9.17, 15) is 19.5 Å². The van der Waals surface area contributed by atoms with Crippen LogP contribution >= 0.6 is 0 Å². The Morgan fingerprint density at radius 3 is 2.32 bits per heavy atom. The van der Waals surface area contributed by atoms with Crippen LogP contribution in [-0.4, -0.2) is 48.6 Å². The van der Waals surface area contributed by atoms with Crippen LogP contribution in [-0.2, 0) is 19.1 Å². The van der Waals surface area contributed by atoms with Crippen LogP contribution in [0.3, 0.4) is 0 Å². The molecule has 1 aliphatic rings. The Bertz CT molecular complexity index is 368. The lowest BCUT2D eigenvalue weighted by atomic mass is 9.95. The Morgan fingerprint density at radius 1 is 1.26 bits per heavy atom. The lowest BCUT2D eigenvalue weighted by Crippen LogP contribution is -2.39. The summed E-state index contributed by atoms with van der Waals surface area (Å²) in [6, 6.07) is 0. The van der Waals surface area contributed by atoms with Gasteiger partial charge in [0.1, 0.15) is 6.54 Å². The molecular formula is C13H21NO5. The molecule has 0 spiro atoms. The van der Waals surface area contributed by atoms with E-state index < -0.39 is 23.8 Å². The number of carbonyl (C=O) groups is 3. The van der Waals surface area contributed by atoms with E-state index in [0.717, 1.165) is 6.42 Å². The molecule has 0 bridgehead atoms. The maximum atomic E-state index is 12.2. The van der Waals surface area contributed by atoms with Gasteiger partial charge in [0.15, 0.2) is 0 Å². The van der Waals surface area contributed by atoms with Gasteiger partial charge in [-0.05, 0) is 18.8 Å². The summed E-state index contributed by atoms with van der Waals surface area (Å²) in [4.78, 5) is 35.8. The van der Waals surface area contributed by atoms with Crippen molar-refractivity contribution in [2.24, 2.45) is 17.8 Å². The largest absolute Gasteiger partial charge is 0.481 e. The number of likely N-dealkylation sites (N-methyl/N-ethyl adjacent to an activating group) is 1. The van der Waals surface area contributed by atoms with Crippen LogP contribution in [0.25, 0.3) is 0 Å². The summed E-state index contributed by atoms with van der Waals surface area (Å²) in [7, 11) is 2.75. The van der Waals surface area contributed by atoms with Crippen LogP contribution in [0.1, 0.15) is 26.2 Å². The molecule has 6 heteroatoms. The van der Waals surface area contributed by atoms with E-state index in [1.807, 2.05) is 6.92 Å². The Labute approximate surface area is 112 Å². The SMILES string of the molecule is CCC1C[C@H](C(=O)N(C)CC(=O)OC)[C@H](C(=O)O)C1. The summed E-state index contributed by atoms with van der Waals surface area (Å²) in [5.74, 6) is -2.63. The van der Waals surface area contributed by atoms with Crippen molar-refractivity contribution in [3.8, 4) is 0 Å². The molecule has 19 heavy (non-hydrogen) atoms. The molecule has 1 rings (SSSR count). The van der Waals surface area contributed by atoms with E-state index in [4.69, 9.17) is 0 Å². The molecule has 1 N–H and O–H groups in total. The number of carbonyl (C=O) groups excluding carboxylic acids is 2. The zero-order chi connectivity index (χ0) is 14.6. The zero-order valence-corrected chi connectivity index (χ0v) is 11.6. The molecule has 0 aromatic carbocycles. The van der Waals surface area contributed by atoms with Crippen LogP contribution in [0, 0.1) is 17.8 Å². The van der Waals surface area contributed by atoms with Crippen molar-refractivity contribution < 1.29 is 24.2 Å². The minimum atomic E-state index is -0.930. The van der Waals surface area contributed by atoms with Crippen LogP contribution in [0.15, 0.2) is 0 Å². The summed E-state index contributed by atoms with van der Waals surface area (Å²) in [5.41, 5.74) is 0. The predicted octanol–water partition coefficient (Wildman–Crippen LogP) is 0.755. The Morgan fingerprint density at radius 2 is 1.84 bits per heavy atom. The third-order valence-corrected chi connectivity index (χ3v) is 3.84. The first-order chi connectivity index (χ1) is 8.90. The number of ether oxygens (including phenoxy) is 1. The first-order valence-electron chi connectivity index (χ1n) is 6.45. The molecule has 1 aliphatic carbocycles. The molecule has 1 fully saturated rings. The van der Waals surface area contributed by atoms with Crippen molar-refractivity contribution in [2.75, 3.05) is 20.7 Å². The van der Waals surface area contributed by atoms with Crippen LogP contribution < -0.4 is 0 Å². The second kappa shape index (κ2) is 6.54. The van der Waals surface area contributed by atoms with Gasteiger partial charge in [-0.2, -0.15) is 0 Å². The number of hydrogen-bond acceptors (Lipinski definition) is 4. The molecule has 1 unspecified atom stereocenters. The minimum absolute atomic E-state index is 0.144. The fourth-order valence-corrected chi connectivity index (χ4v) is 2.64. The molecule has 0 aliphatic heterocycles. The normalized spacial score (nSPS) is 25.9. The highest BCUT2D eigenvalue weighted by atomic mass is 16.5. The highest BCUT2D eigenvalue weighted by Gasteiger charge is 2.43. The quantitative estimate of drug-likeness (QED) is 0.746. The molecule has 0 heterocycles. The predicted molar refractivity (Wildman–Crippen MR) is 67.3 cm³/mol. The summed E-state index contributed by atoms with van der Waals surface area (Å²) < 4.78 is 4.50. The Balaban J connectivity index is 2.73. The molecule has 1 amide bonds. The van der Waals surface area contributed by atoms with Gasteiger partial charge in [0.2, 0.25) is 5.91 Å². The molecule has 3 atom stereocenters. The van der Waals surface area contributed by atoms with Gasteiger partial charge >= 0.3 is 11.9 Å². The molecule has 1 saturated carbocycles. The monoisotopic (exact) mass is 271 g/mol. The number of aliphatic carboxylic acids is 1. The average molecular weight is 271 g/mol. The van der Waals surface area contributed by atoms with Crippen molar-refractivity contribution in [3.63, 3.8) is 0 Å². The van der Waals surface area contributed by atoms with Crippen LogP contribution in [0.4, 0.5) is 0 Å². The molecule has 0 saturated heterocycles. The summed E-state index contributed by atoms with van der Waals surface area (Å²) in [5, 5.41) is 9.19. The number of esters is 1. The third-order valence-electron chi connectivity index (χ3n) is 3.84. The van der Waals surface area contributed by atoms with Crippen LogP contribution in [0.2, 0.25) is 0 Å². The Hall–Kier alpha value is -1.59. The van der Waals surface area contributed by atoms with Crippen LogP contribution in [0.5, 0.6) is 0 Å². The lowest BCUT2D eigenvalue weighted by Gasteiger charge is -2.22. The van der Waals surface area contributed by atoms with Gasteiger partial charge in [-0.1, -0.05) is 13.3 Å². The van der Waals surface area contributed by atoms with E-state index in [2.05, 4.69) is 4.74 Å². The molecule has 108 valence electrons. The first kappa shape index (κ1) is 15.5. The average Bonchev–Trinajstić information content (AvgIpc) is 2.81. The number of nitrogens with zero attached hydrogens (tertiary/aromatic N) is 1. The van der Waals surface area contributed by atoms with Crippen molar-refractivity contribution in [1.82, 2.24) is 4.90 Å². The fraction of sp³-hybridized carbons (Fsp3) is 0.769. The number of rotatable bonds is 5. The van der Waals surface area contributed by atoms with Crippen molar-refractivity contribution in [3.05, 3.63) is 0 Å². The highest BCUT2D eigenvalue weighted by Crippen LogP contribution is 2.39. The van der Waals surface area contributed by atoms with Gasteiger partial charge in [0.05, 0.1) is 18.9 Å². The highest BCUT2D eigenvalue weighted by molar-refractivity contribution is 5.87. The second-order valence-corrected chi connectivity index (χ2v) is 5.07. The molecule has 0 radical (unpaired) electrons. The molecule has 6 nitrogen and oxygen atoms in total. The maximum absolute atomic E-state index is 12.2. The molecular weight excluding hydrogens is 250 g/mol. The fourth-order valence-electron chi connectivity index (χ4n) is 2.64. The Kier molecular flexibility index (Phi) is 5.32.